The molecule has 4 heteroatoms. The summed E-state index contributed by atoms with van der Waals surface area (Å²) in [5, 5.41) is 2.83. The van der Waals surface area contributed by atoms with Gasteiger partial charge in [-0.3, -0.25) is 0 Å². The van der Waals surface area contributed by atoms with Gasteiger partial charge in [-0.05, 0) is 6.07 Å². The van der Waals surface area contributed by atoms with Gasteiger partial charge >= 0.3 is 0 Å². The zero-order valence-corrected chi connectivity index (χ0v) is 8.88. The summed E-state index contributed by atoms with van der Waals surface area (Å²) in [6.45, 7) is 0. The van der Waals surface area contributed by atoms with E-state index in [1.165, 1.54) is 17.4 Å². The molecule has 1 aromatic carbocycles. The summed E-state index contributed by atoms with van der Waals surface area (Å²) in [5.41, 5.74) is 6.46. The van der Waals surface area contributed by atoms with Crippen molar-refractivity contribution in [2.75, 3.05) is 0 Å². The molecule has 0 spiro atoms. The third kappa shape index (κ3) is 2.40. The van der Waals surface area contributed by atoms with E-state index in [-0.39, 0.29) is 11.9 Å². The normalized spacial score (nSPS) is 12.7. The van der Waals surface area contributed by atoms with Crippen LogP contribution in [-0.4, -0.2) is 4.98 Å². The van der Waals surface area contributed by atoms with Gasteiger partial charge in [0.25, 0.3) is 0 Å². The molecule has 0 bridgehead atoms. The highest BCUT2D eigenvalue weighted by Gasteiger charge is 2.12. The Balaban J connectivity index is 2.15. The number of halogens is 1. The summed E-state index contributed by atoms with van der Waals surface area (Å²) in [5.74, 6) is -0.249. The average molecular weight is 222 g/mol. The van der Waals surface area contributed by atoms with E-state index in [4.69, 9.17) is 5.73 Å². The molecule has 0 aliphatic rings. The monoisotopic (exact) mass is 222 g/mol. The van der Waals surface area contributed by atoms with Crippen LogP contribution in [0.25, 0.3) is 0 Å². The van der Waals surface area contributed by atoms with Gasteiger partial charge in [0, 0.05) is 29.6 Å². The molecule has 1 aromatic heterocycles. The van der Waals surface area contributed by atoms with Crippen molar-refractivity contribution < 1.29 is 4.39 Å². The maximum atomic E-state index is 13.4. The van der Waals surface area contributed by atoms with Crippen LogP contribution in [0.15, 0.2) is 35.8 Å². The molecule has 2 rings (SSSR count). The number of nitrogens with zero attached hydrogens (tertiary/aromatic N) is 1. The largest absolute Gasteiger partial charge is 0.324 e. The Morgan fingerprint density at radius 2 is 2.20 bits per heavy atom. The molecule has 0 fully saturated rings. The zero-order chi connectivity index (χ0) is 10.7. The standard InChI is InChI=1S/C11H11FN2S/c12-9-4-2-1-3-8(9)10(13)7-11-14-5-6-15-11/h1-6,10H,7,13H2. The van der Waals surface area contributed by atoms with Gasteiger partial charge in [-0.2, -0.15) is 0 Å². The van der Waals surface area contributed by atoms with Gasteiger partial charge in [-0.25, -0.2) is 9.37 Å². The van der Waals surface area contributed by atoms with Crippen LogP contribution in [0.5, 0.6) is 0 Å². The summed E-state index contributed by atoms with van der Waals surface area (Å²) in [7, 11) is 0. The SMILES string of the molecule is NC(Cc1nccs1)c1ccccc1F. The Hall–Kier alpha value is -1.26. The highest BCUT2D eigenvalue weighted by atomic mass is 32.1. The topological polar surface area (TPSA) is 38.9 Å². The second kappa shape index (κ2) is 4.51. The molecule has 2 aromatic rings. The van der Waals surface area contributed by atoms with Crippen molar-refractivity contribution in [3.05, 3.63) is 52.2 Å². The molecular formula is C11H11FN2S. The molecule has 2 nitrogen and oxygen atoms in total. The van der Waals surface area contributed by atoms with Crippen LogP contribution in [0.1, 0.15) is 16.6 Å². The molecule has 1 unspecified atom stereocenters. The van der Waals surface area contributed by atoms with Crippen LogP contribution in [-0.2, 0) is 6.42 Å². The number of hydrogen-bond donors (Lipinski definition) is 1. The first-order valence-corrected chi connectivity index (χ1v) is 5.53. The van der Waals surface area contributed by atoms with E-state index >= 15 is 0 Å². The van der Waals surface area contributed by atoms with Crippen molar-refractivity contribution in [1.82, 2.24) is 4.98 Å². The molecule has 2 N–H and O–H groups in total. The minimum absolute atomic E-state index is 0.249. The van der Waals surface area contributed by atoms with E-state index < -0.39 is 0 Å². The molecule has 0 radical (unpaired) electrons. The molecule has 1 atom stereocenters. The number of aromatic nitrogens is 1. The summed E-state index contributed by atoms with van der Waals surface area (Å²) >= 11 is 1.54. The van der Waals surface area contributed by atoms with Crippen molar-refractivity contribution in [3.63, 3.8) is 0 Å². The third-order valence-corrected chi connectivity index (χ3v) is 2.98. The second-order valence-electron chi connectivity index (χ2n) is 3.26. The number of rotatable bonds is 3. The average Bonchev–Trinajstić information content (AvgIpc) is 2.71. The van der Waals surface area contributed by atoms with Crippen molar-refractivity contribution in [2.45, 2.75) is 12.5 Å². The summed E-state index contributed by atoms with van der Waals surface area (Å²) in [6, 6.07) is 6.28. The van der Waals surface area contributed by atoms with E-state index in [0.29, 0.717) is 12.0 Å². The van der Waals surface area contributed by atoms with Gasteiger partial charge in [-0.15, -0.1) is 11.3 Å². The van der Waals surface area contributed by atoms with Gasteiger partial charge in [0.15, 0.2) is 0 Å². The van der Waals surface area contributed by atoms with Crippen LogP contribution in [0.2, 0.25) is 0 Å². The number of thiazole rings is 1. The smallest absolute Gasteiger partial charge is 0.127 e. The highest BCUT2D eigenvalue weighted by molar-refractivity contribution is 7.09. The molecule has 0 amide bonds. The fraction of sp³-hybridized carbons (Fsp3) is 0.182. The molecule has 0 aliphatic carbocycles. The summed E-state index contributed by atoms with van der Waals surface area (Å²) in [6.07, 6.45) is 2.31. The lowest BCUT2D eigenvalue weighted by molar-refractivity contribution is 0.580. The van der Waals surface area contributed by atoms with Crippen LogP contribution in [0.3, 0.4) is 0 Å². The lowest BCUT2D eigenvalue weighted by Crippen LogP contribution is -2.14. The molecule has 0 saturated heterocycles. The maximum Gasteiger partial charge on any atom is 0.127 e. The molecule has 0 saturated carbocycles. The van der Waals surface area contributed by atoms with Crippen LogP contribution in [0, 0.1) is 5.82 Å². The minimum Gasteiger partial charge on any atom is -0.324 e. The van der Waals surface area contributed by atoms with Gasteiger partial charge in [0.05, 0.1) is 5.01 Å². The predicted octanol–water partition coefficient (Wildman–Crippen LogP) is 2.52. The van der Waals surface area contributed by atoms with Crippen LogP contribution < -0.4 is 5.73 Å². The zero-order valence-electron chi connectivity index (χ0n) is 8.06. The van der Waals surface area contributed by atoms with E-state index in [1.54, 1.807) is 24.4 Å². The fourth-order valence-electron chi connectivity index (χ4n) is 1.43. The Labute approximate surface area is 91.6 Å². The van der Waals surface area contributed by atoms with Crippen LogP contribution >= 0.6 is 11.3 Å². The van der Waals surface area contributed by atoms with Crippen molar-refractivity contribution in [2.24, 2.45) is 5.73 Å². The van der Waals surface area contributed by atoms with Gasteiger partial charge in [0.1, 0.15) is 5.82 Å². The first kappa shape index (κ1) is 10.3. The van der Waals surface area contributed by atoms with Gasteiger partial charge in [-0.1, -0.05) is 18.2 Å². The maximum absolute atomic E-state index is 13.4. The van der Waals surface area contributed by atoms with Crippen molar-refractivity contribution in [3.8, 4) is 0 Å². The first-order chi connectivity index (χ1) is 7.27. The Morgan fingerprint density at radius 1 is 1.40 bits per heavy atom. The highest BCUT2D eigenvalue weighted by Crippen LogP contribution is 2.19. The Morgan fingerprint density at radius 3 is 2.87 bits per heavy atom. The summed E-state index contributed by atoms with van der Waals surface area (Å²) < 4.78 is 13.4. The van der Waals surface area contributed by atoms with Gasteiger partial charge < -0.3 is 5.73 Å². The molecule has 1 heterocycles. The lowest BCUT2D eigenvalue weighted by Gasteiger charge is -2.10. The van der Waals surface area contributed by atoms with Crippen molar-refractivity contribution in [1.29, 1.82) is 0 Å². The Kier molecular flexibility index (Phi) is 3.08. The molecule has 0 aliphatic heterocycles. The fourth-order valence-corrected chi connectivity index (χ4v) is 2.10. The van der Waals surface area contributed by atoms with Crippen LogP contribution in [0.4, 0.5) is 4.39 Å². The molecule has 15 heavy (non-hydrogen) atoms. The van der Waals surface area contributed by atoms with E-state index in [9.17, 15) is 4.39 Å². The lowest BCUT2D eigenvalue weighted by atomic mass is 10.0. The molecule has 78 valence electrons. The third-order valence-electron chi connectivity index (χ3n) is 2.18. The minimum atomic E-state index is -0.322. The first-order valence-electron chi connectivity index (χ1n) is 4.66. The molecular weight excluding hydrogens is 211 g/mol. The van der Waals surface area contributed by atoms with E-state index in [1.807, 2.05) is 5.38 Å². The number of nitrogens with two attached hydrogens (primary N) is 1. The number of hydrogen-bond acceptors (Lipinski definition) is 3. The van der Waals surface area contributed by atoms with E-state index in [2.05, 4.69) is 4.98 Å². The van der Waals surface area contributed by atoms with E-state index in [0.717, 1.165) is 5.01 Å². The summed E-state index contributed by atoms with van der Waals surface area (Å²) in [4.78, 5) is 4.13. The second-order valence-corrected chi connectivity index (χ2v) is 4.24. The Bertz CT molecular complexity index is 428. The number of benzene rings is 1. The predicted molar refractivity (Wildman–Crippen MR) is 59.1 cm³/mol. The quantitative estimate of drug-likeness (QED) is 0.866. The van der Waals surface area contributed by atoms with Gasteiger partial charge in [0.2, 0.25) is 0 Å². The van der Waals surface area contributed by atoms with Crippen molar-refractivity contribution >= 4 is 11.3 Å².